The molecule has 5 N–H and O–H groups in total. The Morgan fingerprint density at radius 3 is 2.59 bits per heavy atom. The summed E-state index contributed by atoms with van der Waals surface area (Å²) in [6, 6.07) is 8.91. The van der Waals surface area contributed by atoms with E-state index in [9.17, 15) is 9.59 Å². The fourth-order valence-electron chi connectivity index (χ4n) is 3.32. The second kappa shape index (κ2) is 7.80. The van der Waals surface area contributed by atoms with Crippen molar-refractivity contribution in [1.29, 1.82) is 0 Å². The van der Waals surface area contributed by atoms with Gasteiger partial charge >= 0.3 is 5.95 Å². The Morgan fingerprint density at radius 1 is 1.17 bits per heavy atom. The maximum Gasteiger partial charge on any atom is 0.331 e. The first-order chi connectivity index (χ1) is 13.7. The van der Waals surface area contributed by atoms with Crippen LogP contribution in [0.1, 0.15) is 23.7 Å². The summed E-state index contributed by atoms with van der Waals surface area (Å²) < 4.78 is 0.0405. The van der Waals surface area contributed by atoms with Crippen molar-refractivity contribution in [3.8, 4) is 0 Å². The molecule has 29 heavy (non-hydrogen) atoms. The summed E-state index contributed by atoms with van der Waals surface area (Å²) in [5.74, 6) is -0.522. The van der Waals surface area contributed by atoms with E-state index < -0.39 is 17.9 Å². The zero-order valence-electron chi connectivity index (χ0n) is 16.6. The number of hydrogen-bond donors (Lipinski definition) is 3. The molecule has 1 atom stereocenters. The summed E-state index contributed by atoms with van der Waals surface area (Å²) in [6.45, 7) is 1.87. The van der Waals surface area contributed by atoms with Gasteiger partial charge in [0.1, 0.15) is 5.56 Å². The van der Waals surface area contributed by atoms with Crippen molar-refractivity contribution in [2.24, 2.45) is 11.5 Å². The van der Waals surface area contributed by atoms with Gasteiger partial charge in [0.25, 0.3) is 11.8 Å². The second-order valence-electron chi connectivity index (χ2n) is 7.20. The lowest BCUT2D eigenvalue weighted by Crippen LogP contribution is -2.56. The molecule has 0 saturated carbocycles. The van der Waals surface area contributed by atoms with Crippen LogP contribution in [0.3, 0.4) is 0 Å². The molecule has 9 nitrogen and oxygen atoms in total. The number of amides is 2. The highest BCUT2D eigenvalue weighted by Gasteiger charge is 2.37. The number of quaternary nitrogens is 1. The molecule has 0 aliphatic heterocycles. The van der Waals surface area contributed by atoms with Crippen LogP contribution in [0.25, 0.3) is 10.9 Å². The van der Waals surface area contributed by atoms with E-state index in [4.69, 9.17) is 11.5 Å². The third-order valence-corrected chi connectivity index (χ3v) is 4.92. The molecule has 0 radical (unpaired) electrons. The van der Waals surface area contributed by atoms with Crippen molar-refractivity contribution in [3.05, 3.63) is 48.3 Å². The van der Waals surface area contributed by atoms with Gasteiger partial charge < -0.3 is 16.8 Å². The standard InChI is InChI=1S/C20H23N7O2/c1-4-16(18(22)29)27(2,3)20-24-11-14(17(21)28)19(26-20)25-13-8-7-12-6-5-9-23-15(12)10-13/h5-11,16H,4H2,1-3H3,(H4-,21,22,23,24,25,26,28,29)/p+1. The Balaban J connectivity index is 2.05. The van der Waals surface area contributed by atoms with Crippen molar-refractivity contribution >= 4 is 40.2 Å². The first kappa shape index (κ1) is 20.2. The number of pyridine rings is 1. The maximum absolute atomic E-state index is 11.9. The molecule has 3 rings (SSSR count). The van der Waals surface area contributed by atoms with Crippen molar-refractivity contribution < 1.29 is 9.59 Å². The fraction of sp³-hybridized carbons (Fsp3) is 0.250. The van der Waals surface area contributed by atoms with Crippen LogP contribution in [0.2, 0.25) is 0 Å². The van der Waals surface area contributed by atoms with Crippen LogP contribution in [-0.2, 0) is 4.79 Å². The van der Waals surface area contributed by atoms with Crippen LogP contribution >= 0.6 is 0 Å². The predicted molar refractivity (Wildman–Crippen MR) is 112 cm³/mol. The molecule has 1 aromatic carbocycles. The SMILES string of the molecule is CCC(C(N)=O)[N+](C)(C)c1ncc(C(N)=O)c(Nc2ccc3cccnc3c2)n1. The highest BCUT2D eigenvalue weighted by Crippen LogP contribution is 2.26. The molecule has 0 bridgehead atoms. The van der Waals surface area contributed by atoms with Crippen LogP contribution < -0.4 is 21.3 Å². The lowest BCUT2D eigenvalue weighted by molar-refractivity contribution is -0.122. The molecule has 0 fully saturated rings. The number of likely N-dealkylation sites (N-methyl/N-ethyl adjacent to an activating group) is 1. The van der Waals surface area contributed by atoms with E-state index in [1.807, 2.05) is 37.3 Å². The molecule has 2 amide bonds. The Morgan fingerprint density at radius 2 is 1.93 bits per heavy atom. The van der Waals surface area contributed by atoms with Gasteiger partial charge in [-0.05, 0) is 18.2 Å². The minimum Gasteiger partial charge on any atom is -0.365 e. The van der Waals surface area contributed by atoms with E-state index in [1.165, 1.54) is 6.20 Å². The fourth-order valence-corrected chi connectivity index (χ4v) is 3.32. The van der Waals surface area contributed by atoms with Gasteiger partial charge in [-0.3, -0.25) is 19.1 Å². The molecule has 0 aliphatic rings. The molecule has 0 saturated heterocycles. The van der Waals surface area contributed by atoms with Gasteiger partial charge in [-0.2, -0.15) is 9.97 Å². The zero-order chi connectivity index (χ0) is 21.2. The van der Waals surface area contributed by atoms with Gasteiger partial charge in [0.15, 0.2) is 11.9 Å². The summed E-state index contributed by atoms with van der Waals surface area (Å²) in [7, 11) is 3.59. The summed E-state index contributed by atoms with van der Waals surface area (Å²) in [4.78, 5) is 36.9. The van der Waals surface area contributed by atoms with Gasteiger partial charge in [-0.25, -0.2) is 0 Å². The molecule has 2 aromatic heterocycles. The number of benzene rings is 1. The van der Waals surface area contributed by atoms with E-state index in [-0.39, 0.29) is 15.9 Å². The number of nitrogens with zero attached hydrogens (tertiary/aromatic N) is 4. The number of primary amides is 2. The Kier molecular flexibility index (Phi) is 5.42. The predicted octanol–water partition coefficient (Wildman–Crippen LogP) is 1.70. The van der Waals surface area contributed by atoms with Crippen LogP contribution in [0.4, 0.5) is 17.5 Å². The zero-order valence-corrected chi connectivity index (χ0v) is 16.6. The second-order valence-corrected chi connectivity index (χ2v) is 7.20. The quantitative estimate of drug-likeness (QED) is 0.522. The molecule has 9 heteroatoms. The number of anilines is 2. The number of carbonyl (C=O) groups is 2. The molecule has 1 unspecified atom stereocenters. The number of hydrogen-bond acceptors (Lipinski definition) is 6. The van der Waals surface area contributed by atoms with Crippen molar-refractivity contribution in [2.75, 3.05) is 19.4 Å². The Labute approximate surface area is 168 Å². The van der Waals surface area contributed by atoms with Crippen LogP contribution in [0.5, 0.6) is 0 Å². The van der Waals surface area contributed by atoms with Gasteiger partial charge in [0.05, 0.1) is 25.8 Å². The van der Waals surface area contributed by atoms with Gasteiger partial charge in [0, 0.05) is 23.7 Å². The molecular formula is C20H24N7O2+. The van der Waals surface area contributed by atoms with Crippen molar-refractivity contribution in [3.63, 3.8) is 0 Å². The Hall–Kier alpha value is -3.59. The summed E-state index contributed by atoms with van der Waals surface area (Å²) in [6.07, 6.45) is 3.58. The highest BCUT2D eigenvalue weighted by atomic mass is 16.2. The average molecular weight is 394 g/mol. The van der Waals surface area contributed by atoms with E-state index >= 15 is 0 Å². The third kappa shape index (κ3) is 3.99. The molecule has 0 spiro atoms. The van der Waals surface area contributed by atoms with Crippen LogP contribution in [0.15, 0.2) is 42.7 Å². The third-order valence-electron chi connectivity index (χ3n) is 4.92. The first-order valence-electron chi connectivity index (χ1n) is 9.16. The molecule has 0 aliphatic carbocycles. The van der Waals surface area contributed by atoms with Crippen molar-refractivity contribution in [1.82, 2.24) is 19.4 Å². The minimum atomic E-state index is -0.662. The van der Waals surface area contributed by atoms with Crippen LogP contribution in [-0.4, -0.2) is 46.9 Å². The van der Waals surface area contributed by atoms with Crippen LogP contribution in [0, 0.1) is 0 Å². The summed E-state index contributed by atoms with van der Waals surface area (Å²) >= 11 is 0. The summed E-state index contributed by atoms with van der Waals surface area (Å²) in [5, 5.41) is 4.11. The normalized spacial score (nSPS) is 12.5. The number of aromatic nitrogens is 3. The minimum absolute atomic E-state index is 0.0405. The van der Waals surface area contributed by atoms with E-state index in [0.717, 1.165) is 10.9 Å². The number of fused-ring (bicyclic) bond motifs is 1. The molecular weight excluding hydrogens is 370 g/mol. The Bertz CT molecular complexity index is 1080. The monoisotopic (exact) mass is 394 g/mol. The highest BCUT2D eigenvalue weighted by molar-refractivity contribution is 5.98. The van der Waals surface area contributed by atoms with Gasteiger partial charge in [0.2, 0.25) is 0 Å². The summed E-state index contributed by atoms with van der Waals surface area (Å²) in [5.41, 5.74) is 12.7. The lowest BCUT2D eigenvalue weighted by atomic mass is 10.1. The molecule has 2 heterocycles. The lowest BCUT2D eigenvalue weighted by Gasteiger charge is -2.32. The van der Waals surface area contributed by atoms with E-state index in [2.05, 4.69) is 20.3 Å². The smallest absolute Gasteiger partial charge is 0.331 e. The van der Waals surface area contributed by atoms with Gasteiger partial charge in [-0.1, -0.05) is 19.1 Å². The number of rotatable bonds is 7. The number of nitrogens with one attached hydrogen (secondary N) is 1. The molecule has 3 aromatic rings. The molecule has 150 valence electrons. The van der Waals surface area contributed by atoms with E-state index in [1.54, 1.807) is 20.3 Å². The average Bonchev–Trinajstić information content (AvgIpc) is 2.67. The maximum atomic E-state index is 11.9. The van der Waals surface area contributed by atoms with Crippen molar-refractivity contribution in [2.45, 2.75) is 19.4 Å². The number of carbonyl (C=O) groups excluding carboxylic acids is 2. The van der Waals surface area contributed by atoms with E-state index in [0.29, 0.717) is 18.1 Å². The topological polar surface area (TPSA) is 137 Å². The van der Waals surface area contributed by atoms with Gasteiger partial charge in [-0.15, -0.1) is 0 Å². The first-order valence-corrected chi connectivity index (χ1v) is 9.16. The number of nitrogens with two attached hydrogens (primary N) is 2. The largest absolute Gasteiger partial charge is 0.365 e.